The number of hydrogen-bond acceptors (Lipinski definition) is 4. The highest BCUT2D eigenvalue weighted by Gasteiger charge is 1.98. The Morgan fingerprint density at radius 3 is 2.62 bits per heavy atom. The Morgan fingerprint density at radius 2 is 2.08 bits per heavy atom. The summed E-state index contributed by atoms with van der Waals surface area (Å²) < 4.78 is 6.51. The Kier molecular flexibility index (Phi) is 1.91. The molecule has 2 aromatic heterocycles. The molecule has 2 aromatic rings. The van der Waals surface area contributed by atoms with Crippen LogP contribution in [0.25, 0.3) is 5.95 Å². The van der Waals surface area contributed by atoms with E-state index in [0.717, 1.165) is 0 Å². The van der Waals surface area contributed by atoms with Gasteiger partial charge in [-0.3, -0.25) is 0 Å². The van der Waals surface area contributed by atoms with E-state index in [1.807, 2.05) is 6.07 Å². The zero-order chi connectivity index (χ0) is 9.10. The van der Waals surface area contributed by atoms with Gasteiger partial charge in [-0.15, -0.1) is 0 Å². The summed E-state index contributed by atoms with van der Waals surface area (Å²) in [7, 11) is 1.58. The van der Waals surface area contributed by atoms with Gasteiger partial charge in [0.05, 0.1) is 19.5 Å². The van der Waals surface area contributed by atoms with Crippen molar-refractivity contribution in [3.63, 3.8) is 0 Å². The monoisotopic (exact) mass is 176 g/mol. The molecule has 0 aromatic carbocycles. The molecule has 66 valence electrons. The molecule has 0 bridgehead atoms. The summed E-state index contributed by atoms with van der Waals surface area (Å²) in [4.78, 5) is 8.11. The van der Waals surface area contributed by atoms with E-state index >= 15 is 0 Å². The quantitative estimate of drug-likeness (QED) is 0.674. The molecular weight excluding hydrogens is 168 g/mol. The minimum atomic E-state index is 0.533. The maximum Gasteiger partial charge on any atom is 0.250 e. The molecule has 0 aliphatic carbocycles. The summed E-state index contributed by atoms with van der Waals surface area (Å²) in [6.07, 6.45) is 6.66. The van der Waals surface area contributed by atoms with E-state index in [-0.39, 0.29) is 0 Å². The van der Waals surface area contributed by atoms with Crippen molar-refractivity contribution < 1.29 is 4.74 Å². The second kappa shape index (κ2) is 3.22. The van der Waals surface area contributed by atoms with Crippen LogP contribution >= 0.6 is 0 Å². The summed E-state index contributed by atoms with van der Waals surface area (Å²) in [6, 6.07) is 1.81. The van der Waals surface area contributed by atoms with E-state index in [0.29, 0.717) is 11.7 Å². The van der Waals surface area contributed by atoms with Gasteiger partial charge in [0.25, 0.3) is 5.95 Å². The minimum absolute atomic E-state index is 0.533. The molecule has 2 rings (SSSR count). The van der Waals surface area contributed by atoms with Crippen LogP contribution in [0.15, 0.2) is 30.9 Å². The van der Waals surface area contributed by atoms with Crippen LogP contribution in [0.1, 0.15) is 0 Å². The zero-order valence-corrected chi connectivity index (χ0v) is 7.08. The highest BCUT2D eigenvalue weighted by molar-refractivity contribution is 5.17. The molecule has 5 nitrogen and oxygen atoms in total. The molecule has 5 heteroatoms. The number of nitrogens with zero attached hydrogens (tertiary/aromatic N) is 4. The normalized spacial score (nSPS) is 9.92. The predicted molar refractivity (Wildman–Crippen MR) is 45.7 cm³/mol. The van der Waals surface area contributed by atoms with Crippen LogP contribution < -0.4 is 4.74 Å². The van der Waals surface area contributed by atoms with Crippen LogP contribution in [0.4, 0.5) is 0 Å². The lowest BCUT2D eigenvalue weighted by molar-refractivity contribution is 0.410. The molecule has 0 atom stereocenters. The number of methoxy groups -OCH3 is 1. The molecule has 0 amide bonds. The zero-order valence-electron chi connectivity index (χ0n) is 7.08. The maximum atomic E-state index is 4.93. The Labute approximate surface area is 75.0 Å². The lowest BCUT2D eigenvalue weighted by Gasteiger charge is -2.00. The van der Waals surface area contributed by atoms with E-state index in [4.69, 9.17) is 4.74 Å². The van der Waals surface area contributed by atoms with Crippen molar-refractivity contribution >= 4 is 0 Å². The van der Waals surface area contributed by atoms with Crippen LogP contribution in [0, 0.1) is 0 Å². The number of hydrogen-bond donors (Lipinski definition) is 0. The second-order valence-electron chi connectivity index (χ2n) is 2.37. The average Bonchev–Trinajstić information content (AvgIpc) is 2.71. The molecule has 0 aliphatic heterocycles. The summed E-state index contributed by atoms with van der Waals surface area (Å²) in [6.45, 7) is 0. The SMILES string of the molecule is COc1cnc(-n2cccn2)nc1. The highest BCUT2D eigenvalue weighted by Crippen LogP contribution is 2.06. The van der Waals surface area contributed by atoms with Crippen molar-refractivity contribution in [3.8, 4) is 11.7 Å². The lowest BCUT2D eigenvalue weighted by Crippen LogP contribution is -2.00. The molecule has 0 radical (unpaired) electrons. The first kappa shape index (κ1) is 7.72. The summed E-state index contributed by atoms with van der Waals surface area (Å²) >= 11 is 0. The molecule has 0 spiro atoms. The molecule has 0 unspecified atom stereocenters. The first-order valence-corrected chi connectivity index (χ1v) is 3.76. The third kappa shape index (κ3) is 1.48. The fourth-order valence-electron chi connectivity index (χ4n) is 0.920. The average molecular weight is 176 g/mol. The highest BCUT2D eigenvalue weighted by atomic mass is 16.5. The third-order valence-electron chi connectivity index (χ3n) is 1.56. The Bertz CT molecular complexity index is 368. The Hall–Kier alpha value is -1.91. The van der Waals surface area contributed by atoms with Gasteiger partial charge in [-0.05, 0) is 6.07 Å². The van der Waals surface area contributed by atoms with Gasteiger partial charge in [0.2, 0.25) is 0 Å². The second-order valence-corrected chi connectivity index (χ2v) is 2.37. The molecule has 2 heterocycles. The van der Waals surface area contributed by atoms with Crippen LogP contribution in [0.2, 0.25) is 0 Å². The Balaban J connectivity index is 2.33. The number of ether oxygens (including phenoxy) is 1. The molecule has 0 fully saturated rings. The molecule has 0 saturated heterocycles. The van der Waals surface area contributed by atoms with Gasteiger partial charge in [-0.1, -0.05) is 0 Å². The predicted octanol–water partition coefficient (Wildman–Crippen LogP) is 0.671. The van der Waals surface area contributed by atoms with Gasteiger partial charge in [0.1, 0.15) is 0 Å². The van der Waals surface area contributed by atoms with E-state index in [1.165, 1.54) is 0 Å². The fourth-order valence-corrected chi connectivity index (χ4v) is 0.920. The van der Waals surface area contributed by atoms with E-state index in [2.05, 4.69) is 15.1 Å². The van der Waals surface area contributed by atoms with E-state index in [1.54, 1.807) is 36.6 Å². The van der Waals surface area contributed by atoms with Gasteiger partial charge in [-0.25, -0.2) is 14.6 Å². The van der Waals surface area contributed by atoms with Gasteiger partial charge >= 0.3 is 0 Å². The first-order valence-electron chi connectivity index (χ1n) is 3.76. The van der Waals surface area contributed by atoms with Gasteiger partial charge in [0.15, 0.2) is 5.75 Å². The topological polar surface area (TPSA) is 52.8 Å². The van der Waals surface area contributed by atoms with Gasteiger partial charge < -0.3 is 4.74 Å². The van der Waals surface area contributed by atoms with E-state index in [9.17, 15) is 0 Å². The minimum Gasteiger partial charge on any atom is -0.494 e. The van der Waals surface area contributed by atoms with Crippen LogP contribution in [-0.2, 0) is 0 Å². The van der Waals surface area contributed by atoms with Crippen LogP contribution in [0.3, 0.4) is 0 Å². The molecule has 13 heavy (non-hydrogen) atoms. The molecule has 0 N–H and O–H groups in total. The van der Waals surface area contributed by atoms with Crippen molar-refractivity contribution in [2.45, 2.75) is 0 Å². The van der Waals surface area contributed by atoms with Crippen molar-refractivity contribution in [3.05, 3.63) is 30.9 Å². The molecule has 0 aliphatic rings. The third-order valence-corrected chi connectivity index (χ3v) is 1.56. The maximum absolute atomic E-state index is 4.93. The van der Waals surface area contributed by atoms with Crippen LogP contribution in [0.5, 0.6) is 5.75 Å². The fraction of sp³-hybridized carbons (Fsp3) is 0.125. The number of aromatic nitrogens is 4. The first-order chi connectivity index (χ1) is 6.40. The molecular formula is C8H8N4O. The van der Waals surface area contributed by atoms with Crippen LogP contribution in [-0.4, -0.2) is 26.9 Å². The Morgan fingerprint density at radius 1 is 1.31 bits per heavy atom. The van der Waals surface area contributed by atoms with Crippen molar-refractivity contribution in [1.29, 1.82) is 0 Å². The number of rotatable bonds is 2. The van der Waals surface area contributed by atoms with Gasteiger partial charge in [-0.2, -0.15) is 5.10 Å². The summed E-state index contributed by atoms with van der Waals surface area (Å²) in [5, 5.41) is 3.99. The van der Waals surface area contributed by atoms with E-state index < -0.39 is 0 Å². The van der Waals surface area contributed by atoms with Crippen molar-refractivity contribution in [2.24, 2.45) is 0 Å². The molecule has 0 saturated carbocycles. The standard InChI is InChI=1S/C8H8N4O/c1-13-7-5-9-8(10-6-7)12-4-2-3-11-12/h2-6H,1H3. The summed E-state index contributed by atoms with van der Waals surface area (Å²) in [5.41, 5.74) is 0. The van der Waals surface area contributed by atoms with Gasteiger partial charge in [0, 0.05) is 12.4 Å². The smallest absolute Gasteiger partial charge is 0.250 e. The largest absolute Gasteiger partial charge is 0.494 e. The van der Waals surface area contributed by atoms with Crippen molar-refractivity contribution in [2.75, 3.05) is 7.11 Å². The van der Waals surface area contributed by atoms with Crippen molar-refractivity contribution in [1.82, 2.24) is 19.7 Å². The lowest BCUT2D eigenvalue weighted by atomic mass is 10.6. The summed E-state index contributed by atoms with van der Waals surface area (Å²) in [5.74, 6) is 1.17.